The maximum atomic E-state index is 12.7. The molecule has 160 valence electrons. The van der Waals surface area contributed by atoms with Crippen LogP contribution in [-0.4, -0.2) is 63.3 Å². The van der Waals surface area contributed by atoms with Crippen molar-refractivity contribution in [2.24, 2.45) is 0 Å². The maximum Gasteiger partial charge on any atom is 0.238 e. The van der Waals surface area contributed by atoms with Gasteiger partial charge in [-0.3, -0.25) is 4.79 Å². The number of hydrogen-bond donors (Lipinski definition) is 0. The number of carbonyl (C=O) groups is 1. The number of carbonyl (C=O) groups excluding carboxylic acids is 1. The van der Waals surface area contributed by atoms with E-state index in [1.54, 1.807) is 11.0 Å². The SMILES string of the molecule is Cc1cccc(N2CCN(C(=O)CN(C)S(=O)(=O)/C=C/c3ccccc3)CC2)c1C. The van der Waals surface area contributed by atoms with E-state index in [0.29, 0.717) is 13.1 Å². The van der Waals surface area contributed by atoms with Gasteiger partial charge < -0.3 is 9.80 Å². The van der Waals surface area contributed by atoms with Gasteiger partial charge in [0.15, 0.2) is 0 Å². The molecule has 1 heterocycles. The molecule has 1 fully saturated rings. The molecule has 0 spiro atoms. The first-order valence-electron chi connectivity index (χ1n) is 10.1. The van der Waals surface area contributed by atoms with Gasteiger partial charge in [0.05, 0.1) is 6.54 Å². The monoisotopic (exact) mass is 427 g/mol. The van der Waals surface area contributed by atoms with Crippen molar-refractivity contribution in [1.82, 2.24) is 9.21 Å². The molecular formula is C23H29N3O3S. The van der Waals surface area contributed by atoms with E-state index in [0.717, 1.165) is 28.4 Å². The van der Waals surface area contributed by atoms with Gasteiger partial charge >= 0.3 is 0 Å². The summed E-state index contributed by atoms with van der Waals surface area (Å²) >= 11 is 0. The molecule has 0 unspecified atom stereocenters. The van der Waals surface area contributed by atoms with Crippen molar-refractivity contribution in [3.63, 3.8) is 0 Å². The van der Waals surface area contributed by atoms with Gasteiger partial charge in [0.1, 0.15) is 0 Å². The van der Waals surface area contributed by atoms with Gasteiger partial charge in [-0.15, -0.1) is 0 Å². The molecule has 6 nitrogen and oxygen atoms in total. The Bertz CT molecular complexity index is 1010. The molecule has 3 rings (SSSR count). The maximum absolute atomic E-state index is 12.7. The Balaban J connectivity index is 1.56. The van der Waals surface area contributed by atoms with Crippen LogP contribution in [-0.2, 0) is 14.8 Å². The van der Waals surface area contributed by atoms with Gasteiger partial charge in [0.25, 0.3) is 0 Å². The summed E-state index contributed by atoms with van der Waals surface area (Å²) < 4.78 is 26.1. The fourth-order valence-electron chi connectivity index (χ4n) is 3.49. The second kappa shape index (κ2) is 9.45. The van der Waals surface area contributed by atoms with Gasteiger partial charge in [-0.25, -0.2) is 8.42 Å². The van der Waals surface area contributed by atoms with Gasteiger partial charge in [-0.05, 0) is 42.7 Å². The first-order valence-corrected chi connectivity index (χ1v) is 11.6. The van der Waals surface area contributed by atoms with Crippen LogP contribution in [0.4, 0.5) is 5.69 Å². The van der Waals surface area contributed by atoms with Crippen LogP contribution in [0.25, 0.3) is 6.08 Å². The summed E-state index contributed by atoms with van der Waals surface area (Å²) in [5.41, 5.74) is 4.51. The molecule has 0 aliphatic carbocycles. The average Bonchev–Trinajstić information content (AvgIpc) is 2.75. The Morgan fingerprint density at radius 2 is 1.67 bits per heavy atom. The molecule has 1 saturated heterocycles. The summed E-state index contributed by atoms with van der Waals surface area (Å²) in [6, 6.07) is 15.5. The quantitative estimate of drug-likeness (QED) is 0.711. The molecule has 0 saturated carbocycles. The van der Waals surface area contributed by atoms with Crippen molar-refractivity contribution in [3.8, 4) is 0 Å². The lowest BCUT2D eigenvalue weighted by molar-refractivity contribution is -0.131. The second-order valence-corrected chi connectivity index (χ2v) is 9.53. The van der Waals surface area contributed by atoms with E-state index in [1.807, 2.05) is 30.3 Å². The van der Waals surface area contributed by atoms with Gasteiger partial charge in [0.2, 0.25) is 15.9 Å². The van der Waals surface area contributed by atoms with Crippen molar-refractivity contribution < 1.29 is 13.2 Å². The number of anilines is 1. The summed E-state index contributed by atoms with van der Waals surface area (Å²) in [6.07, 6.45) is 1.54. The number of piperazine rings is 1. The van der Waals surface area contributed by atoms with E-state index in [2.05, 4.69) is 36.9 Å². The molecule has 0 radical (unpaired) electrons. The van der Waals surface area contributed by atoms with Crippen molar-refractivity contribution >= 4 is 27.7 Å². The number of nitrogens with zero attached hydrogens (tertiary/aromatic N) is 3. The highest BCUT2D eigenvalue weighted by Crippen LogP contribution is 2.24. The number of aryl methyl sites for hydroxylation is 1. The van der Waals surface area contributed by atoms with Crippen LogP contribution in [0.2, 0.25) is 0 Å². The Hall–Kier alpha value is -2.64. The molecular weight excluding hydrogens is 398 g/mol. The number of benzene rings is 2. The summed E-state index contributed by atoms with van der Waals surface area (Å²) in [7, 11) is -2.22. The fourth-order valence-corrected chi connectivity index (χ4v) is 4.32. The molecule has 2 aromatic rings. The highest BCUT2D eigenvalue weighted by atomic mass is 32.2. The Labute approximate surface area is 179 Å². The van der Waals surface area contributed by atoms with Crippen LogP contribution in [0.1, 0.15) is 16.7 Å². The number of likely N-dealkylation sites (N-methyl/N-ethyl adjacent to an activating group) is 1. The average molecular weight is 428 g/mol. The van der Waals surface area contributed by atoms with E-state index in [9.17, 15) is 13.2 Å². The Morgan fingerprint density at radius 1 is 1.00 bits per heavy atom. The lowest BCUT2D eigenvalue weighted by Gasteiger charge is -2.37. The van der Waals surface area contributed by atoms with E-state index in [4.69, 9.17) is 0 Å². The van der Waals surface area contributed by atoms with Crippen LogP contribution < -0.4 is 4.90 Å². The molecule has 7 heteroatoms. The zero-order valence-electron chi connectivity index (χ0n) is 17.8. The molecule has 2 aromatic carbocycles. The zero-order valence-corrected chi connectivity index (χ0v) is 18.6. The van der Waals surface area contributed by atoms with E-state index >= 15 is 0 Å². The first-order chi connectivity index (χ1) is 14.3. The minimum absolute atomic E-state index is 0.162. The zero-order chi connectivity index (χ0) is 21.7. The second-order valence-electron chi connectivity index (χ2n) is 7.60. The Morgan fingerprint density at radius 3 is 2.33 bits per heavy atom. The van der Waals surface area contributed by atoms with E-state index in [1.165, 1.54) is 23.9 Å². The third kappa shape index (κ3) is 5.29. The van der Waals surface area contributed by atoms with Crippen molar-refractivity contribution in [3.05, 3.63) is 70.6 Å². The summed E-state index contributed by atoms with van der Waals surface area (Å²) in [4.78, 5) is 16.7. The lowest BCUT2D eigenvalue weighted by atomic mass is 10.1. The van der Waals surface area contributed by atoms with Crippen LogP contribution in [0.15, 0.2) is 53.9 Å². The van der Waals surface area contributed by atoms with Crippen molar-refractivity contribution in [1.29, 1.82) is 0 Å². The Kier molecular flexibility index (Phi) is 6.95. The molecule has 0 bridgehead atoms. The molecule has 0 aromatic heterocycles. The molecule has 30 heavy (non-hydrogen) atoms. The van der Waals surface area contributed by atoms with Crippen molar-refractivity contribution in [2.45, 2.75) is 13.8 Å². The molecule has 0 atom stereocenters. The fraction of sp³-hybridized carbons (Fsp3) is 0.348. The summed E-state index contributed by atoms with van der Waals surface area (Å²) in [6.45, 7) is 6.69. The number of rotatable bonds is 6. The topological polar surface area (TPSA) is 60.9 Å². The molecule has 0 N–H and O–H groups in total. The van der Waals surface area contributed by atoms with Crippen LogP contribution >= 0.6 is 0 Å². The van der Waals surface area contributed by atoms with Gasteiger partial charge in [0, 0.05) is 44.3 Å². The highest BCUT2D eigenvalue weighted by Gasteiger charge is 2.25. The van der Waals surface area contributed by atoms with Crippen molar-refractivity contribution in [2.75, 3.05) is 44.7 Å². The minimum Gasteiger partial charge on any atom is -0.368 e. The highest BCUT2D eigenvalue weighted by molar-refractivity contribution is 7.92. The number of amides is 1. The number of hydrogen-bond acceptors (Lipinski definition) is 4. The lowest BCUT2D eigenvalue weighted by Crippen LogP contribution is -2.51. The van der Waals surface area contributed by atoms with Gasteiger partial charge in [-0.2, -0.15) is 4.31 Å². The van der Waals surface area contributed by atoms with E-state index in [-0.39, 0.29) is 12.5 Å². The molecule has 1 amide bonds. The normalized spacial score (nSPS) is 15.2. The summed E-state index contributed by atoms with van der Waals surface area (Å²) in [5.74, 6) is -0.171. The standard InChI is InChI=1S/C23H29N3O3S/c1-19-8-7-11-22(20(19)2)25-13-15-26(16-14-25)23(27)18-24(3)30(28,29)17-12-21-9-5-4-6-10-21/h4-12,17H,13-16,18H2,1-3H3/b17-12+. The number of sulfonamides is 1. The third-order valence-electron chi connectivity index (χ3n) is 5.57. The molecule has 1 aliphatic heterocycles. The van der Waals surface area contributed by atoms with Gasteiger partial charge in [-0.1, -0.05) is 42.5 Å². The smallest absolute Gasteiger partial charge is 0.238 e. The predicted octanol–water partition coefficient (Wildman–Crippen LogP) is 2.88. The molecule has 1 aliphatic rings. The van der Waals surface area contributed by atoms with Crippen LogP contribution in [0.3, 0.4) is 0 Å². The van der Waals surface area contributed by atoms with E-state index < -0.39 is 10.0 Å². The largest absolute Gasteiger partial charge is 0.368 e. The first kappa shape index (κ1) is 22.1. The van der Waals surface area contributed by atoms with Crippen LogP contribution in [0.5, 0.6) is 0 Å². The van der Waals surface area contributed by atoms with Crippen LogP contribution in [0, 0.1) is 13.8 Å². The minimum atomic E-state index is -3.66. The third-order valence-corrected chi connectivity index (χ3v) is 7.05. The summed E-state index contributed by atoms with van der Waals surface area (Å²) in [5, 5.41) is 1.15. The predicted molar refractivity (Wildman–Crippen MR) is 122 cm³/mol.